The number of nitrogens with one attached hydrogen (secondary N) is 1. The van der Waals surface area contributed by atoms with Crippen LogP contribution in [0.5, 0.6) is 0 Å². The van der Waals surface area contributed by atoms with E-state index >= 15 is 0 Å². The van der Waals surface area contributed by atoms with Crippen molar-refractivity contribution in [3.8, 4) is 0 Å². The molecule has 90 valence electrons. The van der Waals surface area contributed by atoms with Crippen molar-refractivity contribution < 1.29 is 0 Å². The fourth-order valence-corrected chi connectivity index (χ4v) is 2.75. The molecule has 0 aromatic rings. The van der Waals surface area contributed by atoms with Crippen LogP contribution < -0.4 is 5.32 Å². The molecule has 0 aliphatic carbocycles. The van der Waals surface area contributed by atoms with E-state index in [9.17, 15) is 0 Å². The molecule has 1 aliphatic rings. The molecule has 0 aromatic heterocycles. The van der Waals surface area contributed by atoms with Gasteiger partial charge in [-0.2, -0.15) is 0 Å². The van der Waals surface area contributed by atoms with E-state index in [1.54, 1.807) is 0 Å². The van der Waals surface area contributed by atoms with Crippen molar-refractivity contribution in [3.05, 3.63) is 0 Å². The van der Waals surface area contributed by atoms with Crippen LogP contribution in [0.3, 0.4) is 0 Å². The second kappa shape index (κ2) is 5.86. The number of nitrogens with zero attached hydrogens (tertiary/aromatic N) is 1. The molecule has 2 unspecified atom stereocenters. The Labute approximate surface area is 95.4 Å². The molecule has 1 aliphatic heterocycles. The third-order valence-corrected chi connectivity index (χ3v) is 3.77. The molecule has 0 saturated carbocycles. The molecule has 0 spiro atoms. The van der Waals surface area contributed by atoms with Gasteiger partial charge in [0.25, 0.3) is 0 Å². The van der Waals surface area contributed by atoms with Crippen LogP contribution in [0.15, 0.2) is 0 Å². The normalized spacial score (nSPS) is 29.0. The molecule has 1 N–H and O–H groups in total. The molecular weight excluding hydrogens is 184 g/mol. The van der Waals surface area contributed by atoms with Crippen LogP contribution in [0.1, 0.15) is 47.5 Å². The van der Waals surface area contributed by atoms with Crippen LogP contribution >= 0.6 is 0 Å². The Hall–Kier alpha value is -0.0800. The Bertz CT molecular complexity index is 175. The monoisotopic (exact) mass is 212 g/mol. The highest BCUT2D eigenvalue weighted by Crippen LogP contribution is 2.21. The van der Waals surface area contributed by atoms with Gasteiger partial charge in [-0.15, -0.1) is 0 Å². The topological polar surface area (TPSA) is 15.3 Å². The molecule has 0 radical (unpaired) electrons. The lowest BCUT2D eigenvalue weighted by Crippen LogP contribution is -2.60. The van der Waals surface area contributed by atoms with E-state index < -0.39 is 0 Å². The zero-order valence-electron chi connectivity index (χ0n) is 11.1. The number of hydrogen-bond acceptors (Lipinski definition) is 2. The third-order valence-electron chi connectivity index (χ3n) is 3.77. The van der Waals surface area contributed by atoms with E-state index in [-0.39, 0.29) is 0 Å². The van der Waals surface area contributed by atoms with Crippen LogP contribution in [0, 0.1) is 5.92 Å². The molecule has 2 atom stereocenters. The van der Waals surface area contributed by atoms with Gasteiger partial charge in [-0.1, -0.05) is 27.7 Å². The first-order valence-electron chi connectivity index (χ1n) is 6.59. The van der Waals surface area contributed by atoms with Gasteiger partial charge in [0.05, 0.1) is 0 Å². The lowest BCUT2D eigenvalue weighted by atomic mass is 9.95. The van der Waals surface area contributed by atoms with Gasteiger partial charge in [0, 0.05) is 31.2 Å². The summed E-state index contributed by atoms with van der Waals surface area (Å²) in [5.74, 6) is 0.755. The molecule has 1 fully saturated rings. The molecule has 0 aromatic carbocycles. The minimum Gasteiger partial charge on any atom is -0.311 e. The van der Waals surface area contributed by atoms with Gasteiger partial charge in [-0.05, 0) is 25.7 Å². The largest absolute Gasteiger partial charge is 0.311 e. The predicted octanol–water partition coefficient (Wildman–Crippen LogP) is 2.49. The second-order valence-corrected chi connectivity index (χ2v) is 5.29. The van der Waals surface area contributed by atoms with E-state index in [1.165, 1.54) is 19.4 Å². The van der Waals surface area contributed by atoms with Gasteiger partial charge in [0.15, 0.2) is 0 Å². The summed E-state index contributed by atoms with van der Waals surface area (Å²) in [5.41, 5.74) is 0. The van der Waals surface area contributed by atoms with Crippen LogP contribution in [0.2, 0.25) is 0 Å². The van der Waals surface area contributed by atoms with Crippen molar-refractivity contribution in [3.63, 3.8) is 0 Å². The molecule has 15 heavy (non-hydrogen) atoms. The van der Waals surface area contributed by atoms with Gasteiger partial charge >= 0.3 is 0 Å². The van der Waals surface area contributed by atoms with Crippen molar-refractivity contribution >= 4 is 0 Å². The summed E-state index contributed by atoms with van der Waals surface area (Å²) in [5, 5.41) is 3.60. The maximum Gasteiger partial charge on any atom is 0.0247 e. The summed E-state index contributed by atoms with van der Waals surface area (Å²) in [6, 6.07) is 2.16. The number of piperazine rings is 1. The van der Waals surface area contributed by atoms with Crippen LogP contribution in [0.4, 0.5) is 0 Å². The van der Waals surface area contributed by atoms with Crippen LogP contribution in [-0.2, 0) is 0 Å². The summed E-state index contributed by atoms with van der Waals surface area (Å²) < 4.78 is 0. The first-order valence-corrected chi connectivity index (χ1v) is 6.59. The lowest BCUT2D eigenvalue weighted by molar-refractivity contribution is 0.0552. The van der Waals surface area contributed by atoms with Crippen molar-refractivity contribution in [1.82, 2.24) is 10.2 Å². The molecule has 1 heterocycles. The molecule has 2 nitrogen and oxygen atoms in total. The van der Waals surface area contributed by atoms with Crippen LogP contribution in [0.25, 0.3) is 0 Å². The molecule has 0 bridgehead atoms. The van der Waals surface area contributed by atoms with Crippen molar-refractivity contribution in [2.75, 3.05) is 13.1 Å². The van der Waals surface area contributed by atoms with E-state index in [1.807, 2.05) is 0 Å². The quantitative estimate of drug-likeness (QED) is 0.770. The molecule has 1 rings (SSSR count). The summed E-state index contributed by atoms with van der Waals surface area (Å²) in [6.45, 7) is 14.0. The average Bonchev–Trinajstić information content (AvgIpc) is 2.19. The Morgan fingerprint density at radius 3 is 2.33 bits per heavy atom. The SMILES string of the molecule is CCC(CC)N1CC(C)NCC1C(C)C. The molecule has 0 amide bonds. The van der Waals surface area contributed by atoms with Crippen LogP contribution in [-0.4, -0.2) is 36.1 Å². The first kappa shape index (κ1) is 13.0. The highest BCUT2D eigenvalue weighted by Gasteiger charge is 2.31. The number of hydrogen-bond donors (Lipinski definition) is 1. The Morgan fingerprint density at radius 1 is 1.27 bits per heavy atom. The zero-order chi connectivity index (χ0) is 11.4. The first-order chi connectivity index (χ1) is 7.10. The van der Waals surface area contributed by atoms with E-state index in [0.29, 0.717) is 6.04 Å². The molecule has 1 saturated heterocycles. The third kappa shape index (κ3) is 3.18. The van der Waals surface area contributed by atoms with Gasteiger partial charge in [0.1, 0.15) is 0 Å². The Morgan fingerprint density at radius 2 is 1.87 bits per heavy atom. The Kier molecular flexibility index (Phi) is 5.07. The average molecular weight is 212 g/mol. The summed E-state index contributed by atoms with van der Waals surface area (Å²) in [7, 11) is 0. The summed E-state index contributed by atoms with van der Waals surface area (Å²) >= 11 is 0. The number of rotatable bonds is 4. The molecule has 2 heteroatoms. The minimum atomic E-state index is 0.653. The lowest BCUT2D eigenvalue weighted by Gasteiger charge is -2.45. The minimum absolute atomic E-state index is 0.653. The van der Waals surface area contributed by atoms with Gasteiger partial charge in [-0.25, -0.2) is 0 Å². The summed E-state index contributed by atoms with van der Waals surface area (Å²) in [4.78, 5) is 2.74. The summed E-state index contributed by atoms with van der Waals surface area (Å²) in [6.07, 6.45) is 2.57. The van der Waals surface area contributed by atoms with E-state index in [2.05, 4.69) is 44.8 Å². The van der Waals surface area contributed by atoms with Crippen molar-refractivity contribution in [2.45, 2.75) is 65.6 Å². The van der Waals surface area contributed by atoms with Gasteiger partial charge in [-0.3, -0.25) is 4.90 Å². The highest BCUT2D eigenvalue weighted by molar-refractivity contribution is 4.89. The fourth-order valence-electron chi connectivity index (χ4n) is 2.75. The highest BCUT2D eigenvalue weighted by atomic mass is 15.3. The van der Waals surface area contributed by atoms with E-state index in [0.717, 1.165) is 24.5 Å². The van der Waals surface area contributed by atoms with Crippen molar-refractivity contribution in [2.24, 2.45) is 5.92 Å². The molecular formula is C13H28N2. The van der Waals surface area contributed by atoms with E-state index in [4.69, 9.17) is 0 Å². The zero-order valence-corrected chi connectivity index (χ0v) is 11.1. The second-order valence-electron chi connectivity index (χ2n) is 5.29. The maximum absolute atomic E-state index is 3.60. The standard InChI is InChI=1S/C13H28N2/c1-6-12(7-2)15-9-11(5)14-8-13(15)10(3)4/h10-14H,6-9H2,1-5H3. The maximum atomic E-state index is 3.60. The fraction of sp³-hybridized carbons (Fsp3) is 1.00. The van der Waals surface area contributed by atoms with Gasteiger partial charge in [0.2, 0.25) is 0 Å². The predicted molar refractivity (Wildman–Crippen MR) is 67.2 cm³/mol. The van der Waals surface area contributed by atoms with Gasteiger partial charge < -0.3 is 5.32 Å². The smallest absolute Gasteiger partial charge is 0.0247 e. The van der Waals surface area contributed by atoms with Crippen molar-refractivity contribution in [1.29, 1.82) is 0 Å². The Balaban J connectivity index is 2.68.